The standard InChI is InChI=1S/C15H28N4O2/c1-18(13-2-3-13)15(16)17-10-14(12-4-7-21-11-12)19-5-8-20-9-6-19/h12-14H,2-11H2,1H3,(H2,16,17)/t12-,14-/m1/s1. The molecule has 120 valence electrons. The van der Waals surface area contributed by atoms with Crippen molar-refractivity contribution in [3.8, 4) is 0 Å². The van der Waals surface area contributed by atoms with E-state index in [0.29, 0.717) is 24.0 Å². The van der Waals surface area contributed by atoms with Crippen LogP contribution in [0.5, 0.6) is 0 Å². The summed E-state index contributed by atoms with van der Waals surface area (Å²) in [7, 11) is 2.05. The van der Waals surface area contributed by atoms with Gasteiger partial charge in [0.15, 0.2) is 5.96 Å². The number of guanidine groups is 1. The van der Waals surface area contributed by atoms with Crippen LogP contribution in [0.1, 0.15) is 19.3 Å². The van der Waals surface area contributed by atoms with Crippen molar-refractivity contribution in [2.45, 2.75) is 31.3 Å². The second-order valence-corrected chi connectivity index (χ2v) is 6.38. The molecular formula is C15H28N4O2. The first-order valence-electron chi connectivity index (χ1n) is 8.18. The smallest absolute Gasteiger partial charge is 0.191 e. The van der Waals surface area contributed by atoms with Gasteiger partial charge in [-0.15, -0.1) is 0 Å². The van der Waals surface area contributed by atoms with Crippen LogP contribution in [0.4, 0.5) is 0 Å². The number of ether oxygens (including phenoxy) is 2. The van der Waals surface area contributed by atoms with Crippen molar-refractivity contribution in [2.75, 3.05) is 53.1 Å². The van der Waals surface area contributed by atoms with E-state index in [4.69, 9.17) is 15.2 Å². The molecule has 3 rings (SSSR count). The van der Waals surface area contributed by atoms with E-state index < -0.39 is 0 Å². The minimum Gasteiger partial charge on any atom is -0.381 e. The predicted octanol–water partition coefficient (Wildman–Crippen LogP) is 0.133. The predicted molar refractivity (Wildman–Crippen MR) is 82.4 cm³/mol. The monoisotopic (exact) mass is 296 g/mol. The van der Waals surface area contributed by atoms with Gasteiger partial charge >= 0.3 is 0 Å². The van der Waals surface area contributed by atoms with E-state index in [1.807, 2.05) is 0 Å². The Morgan fingerprint density at radius 1 is 1.24 bits per heavy atom. The lowest BCUT2D eigenvalue weighted by molar-refractivity contribution is 0.00365. The van der Waals surface area contributed by atoms with Gasteiger partial charge in [0.25, 0.3) is 0 Å². The SMILES string of the molecule is CN(C(N)=NC[C@H]([C@@H]1CCOC1)N1CCOCC1)C1CC1. The molecule has 0 unspecified atom stereocenters. The Hall–Kier alpha value is -0.850. The summed E-state index contributed by atoms with van der Waals surface area (Å²) in [5.41, 5.74) is 6.14. The summed E-state index contributed by atoms with van der Waals surface area (Å²) in [5, 5.41) is 0. The molecule has 1 aliphatic carbocycles. The van der Waals surface area contributed by atoms with E-state index in [0.717, 1.165) is 52.5 Å². The summed E-state index contributed by atoms with van der Waals surface area (Å²) in [6, 6.07) is 1.05. The van der Waals surface area contributed by atoms with Crippen LogP contribution in [0.3, 0.4) is 0 Å². The van der Waals surface area contributed by atoms with E-state index in [9.17, 15) is 0 Å². The highest BCUT2D eigenvalue weighted by molar-refractivity contribution is 5.78. The first kappa shape index (κ1) is 15.1. The highest BCUT2D eigenvalue weighted by Gasteiger charge is 2.32. The van der Waals surface area contributed by atoms with E-state index in [-0.39, 0.29) is 0 Å². The number of hydrogen-bond donors (Lipinski definition) is 1. The number of aliphatic imine (C=N–C) groups is 1. The van der Waals surface area contributed by atoms with Crippen molar-refractivity contribution in [1.29, 1.82) is 0 Å². The maximum Gasteiger partial charge on any atom is 0.191 e. The summed E-state index contributed by atoms with van der Waals surface area (Å²) >= 11 is 0. The summed E-state index contributed by atoms with van der Waals surface area (Å²) in [6.45, 7) is 6.15. The van der Waals surface area contributed by atoms with Gasteiger partial charge in [-0.2, -0.15) is 0 Å². The molecule has 0 amide bonds. The molecule has 6 nitrogen and oxygen atoms in total. The van der Waals surface area contributed by atoms with Gasteiger partial charge in [-0.1, -0.05) is 0 Å². The minimum absolute atomic E-state index is 0.433. The van der Waals surface area contributed by atoms with Crippen LogP contribution in [-0.4, -0.2) is 81.0 Å². The van der Waals surface area contributed by atoms with Gasteiger partial charge in [0, 0.05) is 44.7 Å². The zero-order valence-corrected chi connectivity index (χ0v) is 13.0. The fourth-order valence-corrected chi connectivity index (χ4v) is 3.28. The topological polar surface area (TPSA) is 63.3 Å². The molecule has 2 saturated heterocycles. The quantitative estimate of drug-likeness (QED) is 0.577. The van der Waals surface area contributed by atoms with E-state index in [2.05, 4.69) is 21.8 Å². The van der Waals surface area contributed by atoms with Crippen molar-refractivity contribution in [2.24, 2.45) is 16.6 Å². The van der Waals surface area contributed by atoms with Crippen LogP contribution in [-0.2, 0) is 9.47 Å². The van der Waals surface area contributed by atoms with Crippen molar-refractivity contribution in [3.63, 3.8) is 0 Å². The fourth-order valence-electron chi connectivity index (χ4n) is 3.28. The average Bonchev–Trinajstić information content (AvgIpc) is 3.24. The van der Waals surface area contributed by atoms with E-state index in [1.54, 1.807) is 0 Å². The van der Waals surface area contributed by atoms with Crippen LogP contribution < -0.4 is 5.73 Å². The molecule has 0 bridgehead atoms. The van der Waals surface area contributed by atoms with Crippen LogP contribution in [0.15, 0.2) is 4.99 Å². The van der Waals surface area contributed by atoms with Crippen LogP contribution in [0.25, 0.3) is 0 Å². The molecule has 0 spiro atoms. The summed E-state index contributed by atoms with van der Waals surface area (Å²) in [5.74, 6) is 1.26. The molecule has 0 aromatic rings. The molecule has 2 atom stereocenters. The fraction of sp³-hybridized carbons (Fsp3) is 0.933. The van der Waals surface area contributed by atoms with Gasteiger partial charge in [0.1, 0.15) is 0 Å². The van der Waals surface area contributed by atoms with Crippen molar-refractivity contribution < 1.29 is 9.47 Å². The molecule has 21 heavy (non-hydrogen) atoms. The van der Waals surface area contributed by atoms with E-state index >= 15 is 0 Å². The third-order valence-corrected chi connectivity index (χ3v) is 4.92. The molecule has 1 saturated carbocycles. The second kappa shape index (κ2) is 6.94. The molecular weight excluding hydrogens is 268 g/mol. The molecule has 2 N–H and O–H groups in total. The van der Waals surface area contributed by atoms with Crippen molar-refractivity contribution in [3.05, 3.63) is 0 Å². The number of morpholine rings is 1. The lowest BCUT2D eigenvalue weighted by Gasteiger charge is -2.36. The maximum atomic E-state index is 6.14. The highest BCUT2D eigenvalue weighted by atomic mass is 16.5. The molecule has 0 aromatic carbocycles. The summed E-state index contributed by atoms with van der Waals surface area (Å²) in [6.07, 6.45) is 3.63. The molecule has 0 radical (unpaired) electrons. The van der Waals surface area contributed by atoms with Gasteiger partial charge in [0.05, 0.1) is 26.4 Å². The molecule has 0 aromatic heterocycles. The Labute approximate surface area is 127 Å². The first-order valence-corrected chi connectivity index (χ1v) is 8.18. The first-order chi connectivity index (χ1) is 10.3. The number of nitrogens with zero attached hydrogens (tertiary/aromatic N) is 3. The Morgan fingerprint density at radius 3 is 2.62 bits per heavy atom. The number of hydrogen-bond acceptors (Lipinski definition) is 4. The third kappa shape index (κ3) is 3.87. The number of nitrogens with two attached hydrogens (primary N) is 1. The Kier molecular flexibility index (Phi) is 4.98. The zero-order chi connectivity index (χ0) is 14.7. The second-order valence-electron chi connectivity index (χ2n) is 6.38. The van der Waals surface area contributed by atoms with Gasteiger partial charge in [-0.3, -0.25) is 9.89 Å². The van der Waals surface area contributed by atoms with Gasteiger partial charge in [-0.25, -0.2) is 0 Å². The van der Waals surface area contributed by atoms with Crippen molar-refractivity contribution >= 4 is 5.96 Å². The lowest BCUT2D eigenvalue weighted by Crippen LogP contribution is -2.49. The minimum atomic E-state index is 0.433. The van der Waals surface area contributed by atoms with E-state index in [1.165, 1.54) is 12.8 Å². The normalized spacial score (nSPS) is 29.6. The van der Waals surface area contributed by atoms with Crippen LogP contribution in [0.2, 0.25) is 0 Å². The van der Waals surface area contributed by atoms with Crippen LogP contribution in [0, 0.1) is 5.92 Å². The Balaban J connectivity index is 1.61. The van der Waals surface area contributed by atoms with Crippen LogP contribution >= 0.6 is 0 Å². The maximum absolute atomic E-state index is 6.14. The summed E-state index contributed by atoms with van der Waals surface area (Å²) in [4.78, 5) is 9.32. The zero-order valence-electron chi connectivity index (χ0n) is 13.0. The largest absolute Gasteiger partial charge is 0.381 e. The highest BCUT2D eigenvalue weighted by Crippen LogP contribution is 2.25. The van der Waals surface area contributed by atoms with Crippen molar-refractivity contribution in [1.82, 2.24) is 9.80 Å². The third-order valence-electron chi connectivity index (χ3n) is 4.92. The molecule has 6 heteroatoms. The van der Waals surface area contributed by atoms with Gasteiger partial charge < -0.3 is 20.1 Å². The van der Waals surface area contributed by atoms with Gasteiger partial charge in [-0.05, 0) is 19.3 Å². The molecule has 2 heterocycles. The van der Waals surface area contributed by atoms with Gasteiger partial charge in [0.2, 0.25) is 0 Å². The Bertz CT molecular complexity index is 361. The molecule has 3 aliphatic rings. The molecule has 2 aliphatic heterocycles. The Morgan fingerprint density at radius 2 is 2.00 bits per heavy atom. The summed E-state index contributed by atoms with van der Waals surface area (Å²) < 4.78 is 11.1. The number of rotatable bonds is 5. The average molecular weight is 296 g/mol. The molecule has 3 fully saturated rings. The lowest BCUT2D eigenvalue weighted by atomic mass is 9.97.